The number of halogens is 1. The lowest BCUT2D eigenvalue weighted by Crippen LogP contribution is -2.48. The van der Waals surface area contributed by atoms with E-state index < -0.39 is 0 Å². The van der Waals surface area contributed by atoms with Crippen molar-refractivity contribution in [1.29, 1.82) is 0 Å². The summed E-state index contributed by atoms with van der Waals surface area (Å²) in [7, 11) is 1.87. The molecular formula is C21H32IN7. The van der Waals surface area contributed by atoms with Crippen molar-refractivity contribution in [2.75, 3.05) is 38.1 Å². The standard InChI is InChI=1S/C21H31N7.HI/c1-17-6-11-27(15-19(17)28-12-8-23-16-28)21(22-2)25-14-18-5-7-24-20(13-18)26-9-3-4-10-26;/h5,7-8,12-13,16-17,19H,3-4,6,9-11,14-15H2,1-2H3,(H,22,25);1H. The molecule has 8 heteroatoms. The summed E-state index contributed by atoms with van der Waals surface area (Å²) in [6.45, 7) is 7.31. The molecule has 2 fully saturated rings. The van der Waals surface area contributed by atoms with Crippen molar-refractivity contribution >= 4 is 35.8 Å². The first kappa shape index (κ1) is 21.9. The molecule has 0 amide bonds. The lowest BCUT2D eigenvalue weighted by Gasteiger charge is -2.39. The number of guanidine groups is 1. The lowest BCUT2D eigenvalue weighted by molar-refractivity contribution is 0.189. The van der Waals surface area contributed by atoms with Crippen LogP contribution in [0.4, 0.5) is 5.82 Å². The number of nitrogens with zero attached hydrogens (tertiary/aromatic N) is 6. The Bertz CT molecular complexity index is 786. The molecule has 2 atom stereocenters. The first-order valence-corrected chi connectivity index (χ1v) is 10.4. The predicted molar refractivity (Wildman–Crippen MR) is 128 cm³/mol. The number of hydrogen-bond donors (Lipinski definition) is 1. The van der Waals surface area contributed by atoms with Crippen molar-refractivity contribution in [3.05, 3.63) is 42.6 Å². The van der Waals surface area contributed by atoms with Gasteiger partial charge >= 0.3 is 0 Å². The number of hydrogen-bond acceptors (Lipinski definition) is 4. The summed E-state index contributed by atoms with van der Waals surface area (Å²) in [5.41, 5.74) is 1.24. The molecule has 0 spiro atoms. The monoisotopic (exact) mass is 509 g/mol. The predicted octanol–water partition coefficient (Wildman–Crippen LogP) is 3.15. The molecule has 0 saturated carbocycles. The van der Waals surface area contributed by atoms with Crippen LogP contribution in [0.25, 0.3) is 0 Å². The van der Waals surface area contributed by atoms with Crippen molar-refractivity contribution in [3.8, 4) is 0 Å². The Balaban J connectivity index is 0.00000240. The average molecular weight is 509 g/mol. The first-order valence-electron chi connectivity index (χ1n) is 10.4. The van der Waals surface area contributed by atoms with Gasteiger partial charge in [-0.3, -0.25) is 4.99 Å². The Hall–Kier alpha value is -1.84. The third-order valence-corrected chi connectivity index (χ3v) is 6.03. The van der Waals surface area contributed by atoms with Crippen molar-refractivity contribution in [1.82, 2.24) is 24.8 Å². The highest BCUT2D eigenvalue weighted by Crippen LogP contribution is 2.27. The minimum absolute atomic E-state index is 0. The number of nitrogens with one attached hydrogen (secondary N) is 1. The summed E-state index contributed by atoms with van der Waals surface area (Å²) < 4.78 is 2.23. The summed E-state index contributed by atoms with van der Waals surface area (Å²) in [5.74, 6) is 2.70. The van der Waals surface area contributed by atoms with Crippen LogP contribution in [0.5, 0.6) is 0 Å². The van der Waals surface area contributed by atoms with Gasteiger partial charge in [0.1, 0.15) is 5.82 Å². The number of aliphatic imine (C=N–C) groups is 1. The maximum Gasteiger partial charge on any atom is 0.193 e. The van der Waals surface area contributed by atoms with Gasteiger partial charge in [0.15, 0.2) is 5.96 Å². The summed E-state index contributed by atoms with van der Waals surface area (Å²) in [5, 5.41) is 3.56. The molecule has 4 heterocycles. The Labute approximate surface area is 190 Å². The molecule has 2 aromatic rings. The smallest absolute Gasteiger partial charge is 0.193 e. The highest BCUT2D eigenvalue weighted by atomic mass is 127. The Kier molecular flexibility index (Phi) is 7.74. The molecule has 158 valence electrons. The van der Waals surface area contributed by atoms with Gasteiger partial charge in [0.05, 0.1) is 12.4 Å². The largest absolute Gasteiger partial charge is 0.357 e. The van der Waals surface area contributed by atoms with Gasteiger partial charge in [-0.15, -0.1) is 24.0 Å². The minimum Gasteiger partial charge on any atom is -0.357 e. The van der Waals surface area contributed by atoms with Crippen LogP contribution >= 0.6 is 24.0 Å². The van der Waals surface area contributed by atoms with Gasteiger partial charge in [0, 0.05) is 58.4 Å². The molecule has 2 unspecified atom stereocenters. The maximum atomic E-state index is 4.55. The van der Waals surface area contributed by atoms with Crippen LogP contribution < -0.4 is 10.2 Å². The molecule has 2 aliphatic rings. The normalized spacial score (nSPS) is 22.5. The van der Waals surface area contributed by atoms with E-state index in [2.05, 4.69) is 59.9 Å². The molecule has 0 aromatic carbocycles. The summed E-state index contributed by atoms with van der Waals surface area (Å²) in [4.78, 5) is 18.1. The van der Waals surface area contributed by atoms with Crippen LogP contribution in [-0.2, 0) is 6.54 Å². The zero-order valence-electron chi connectivity index (χ0n) is 17.4. The molecule has 4 rings (SSSR count). The van der Waals surface area contributed by atoms with E-state index in [-0.39, 0.29) is 24.0 Å². The van der Waals surface area contributed by atoms with E-state index in [1.165, 1.54) is 18.4 Å². The van der Waals surface area contributed by atoms with Gasteiger partial charge in [0.25, 0.3) is 0 Å². The summed E-state index contributed by atoms with van der Waals surface area (Å²) >= 11 is 0. The molecule has 2 saturated heterocycles. The Morgan fingerprint density at radius 1 is 1.24 bits per heavy atom. The number of anilines is 1. The van der Waals surface area contributed by atoms with E-state index in [1.54, 1.807) is 0 Å². The van der Waals surface area contributed by atoms with Gasteiger partial charge in [-0.1, -0.05) is 6.92 Å². The molecule has 2 aromatic heterocycles. The summed E-state index contributed by atoms with van der Waals surface area (Å²) in [6.07, 6.45) is 11.5. The quantitative estimate of drug-likeness (QED) is 0.390. The van der Waals surface area contributed by atoms with Gasteiger partial charge in [-0.25, -0.2) is 9.97 Å². The van der Waals surface area contributed by atoms with Crippen molar-refractivity contribution < 1.29 is 0 Å². The molecule has 29 heavy (non-hydrogen) atoms. The van der Waals surface area contributed by atoms with Gasteiger partial charge in [0.2, 0.25) is 0 Å². The number of imidazole rings is 1. The summed E-state index contributed by atoms with van der Waals surface area (Å²) in [6, 6.07) is 4.72. The number of aromatic nitrogens is 3. The van der Waals surface area contributed by atoms with E-state index in [9.17, 15) is 0 Å². The van der Waals surface area contributed by atoms with Crippen LogP contribution in [0.3, 0.4) is 0 Å². The maximum absolute atomic E-state index is 4.55. The number of likely N-dealkylation sites (tertiary alicyclic amines) is 1. The van der Waals surface area contributed by atoms with Crippen LogP contribution in [0.1, 0.15) is 37.8 Å². The van der Waals surface area contributed by atoms with E-state index in [1.807, 2.05) is 25.8 Å². The SMILES string of the molecule is CN=C(NCc1ccnc(N2CCCC2)c1)N1CCC(C)C(n2ccnc2)C1.I. The van der Waals surface area contributed by atoms with E-state index in [0.717, 1.165) is 50.9 Å². The molecule has 0 aliphatic carbocycles. The molecule has 0 radical (unpaired) electrons. The molecular weight excluding hydrogens is 477 g/mol. The van der Waals surface area contributed by atoms with Gasteiger partial charge in [-0.05, 0) is 42.9 Å². The molecule has 7 nitrogen and oxygen atoms in total. The second-order valence-corrected chi connectivity index (χ2v) is 7.91. The van der Waals surface area contributed by atoms with Crippen LogP contribution in [0.2, 0.25) is 0 Å². The molecule has 0 bridgehead atoms. The minimum atomic E-state index is 0. The Morgan fingerprint density at radius 3 is 2.79 bits per heavy atom. The first-order chi connectivity index (χ1) is 13.7. The Morgan fingerprint density at radius 2 is 2.07 bits per heavy atom. The van der Waals surface area contributed by atoms with E-state index in [0.29, 0.717) is 12.0 Å². The van der Waals surface area contributed by atoms with Gasteiger partial charge in [-0.2, -0.15) is 0 Å². The lowest BCUT2D eigenvalue weighted by atomic mass is 9.93. The highest BCUT2D eigenvalue weighted by Gasteiger charge is 2.28. The molecule has 2 aliphatic heterocycles. The fourth-order valence-corrected chi connectivity index (χ4v) is 4.30. The second-order valence-electron chi connectivity index (χ2n) is 7.91. The van der Waals surface area contributed by atoms with Gasteiger partial charge < -0.3 is 19.7 Å². The zero-order chi connectivity index (χ0) is 19.3. The van der Waals surface area contributed by atoms with E-state index >= 15 is 0 Å². The fourth-order valence-electron chi connectivity index (χ4n) is 4.30. The average Bonchev–Trinajstić information content (AvgIpc) is 3.44. The van der Waals surface area contributed by atoms with Crippen LogP contribution in [0.15, 0.2) is 42.0 Å². The third-order valence-electron chi connectivity index (χ3n) is 6.03. The van der Waals surface area contributed by atoms with Crippen molar-refractivity contribution in [3.63, 3.8) is 0 Å². The number of piperidine rings is 1. The topological polar surface area (TPSA) is 61.6 Å². The highest BCUT2D eigenvalue weighted by molar-refractivity contribution is 14.0. The number of pyridine rings is 1. The molecule has 1 N–H and O–H groups in total. The van der Waals surface area contributed by atoms with E-state index in [4.69, 9.17) is 0 Å². The third kappa shape index (κ3) is 5.21. The second kappa shape index (κ2) is 10.3. The van der Waals surface area contributed by atoms with Crippen LogP contribution in [0, 0.1) is 5.92 Å². The van der Waals surface area contributed by atoms with Crippen molar-refractivity contribution in [2.24, 2.45) is 10.9 Å². The zero-order valence-corrected chi connectivity index (χ0v) is 19.7. The van der Waals surface area contributed by atoms with Crippen LogP contribution in [-0.4, -0.2) is 58.6 Å². The van der Waals surface area contributed by atoms with Crippen molar-refractivity contribution in [2.45, 2.75) is 38.8 Å². The fraction of sp³-hybridized carbons (Fsp3) is 0.571. The number of rotatable bonds is 4.